The standard InChI is InChI=1S/C19H26N4O3/c1-12(2)10-15-11-16(23-22-15)17(24)20-13-6-8-14(9-7-13)21-18(25)26-19(3,4)5/h6-9,11-12H,10H2,1-5H3,(H,20,24)(H,21,25)(H,22,23). The minimum atomic E-state index is -0.560. The van der Waals surface area contributed by atoms with Crippen molar-refractivity contribution in [3.05, 3.63) is 41.7 Å². The number of H-pyrrole nitrogens is 1. The number of nitrogens with one attached hydrogen (secondary N) is 3. The van der Waals surface area contributed by atoms with E-state index in [1.165, 1.54) is 0 Å². The summed E-state index contributed by atoms with van der Waals surface area (Å²) in [6, 6.07) is 8.54. The number of carbonyl (C=O) groups is 2. The average Bonchev–Trinajstić information content (AvgIpc) is 2.95. The molecule has 1 heterocycles. The Balaban J connectivity index is 1.93. The Bertz CT molecular complexity index is 758. The minimum absolute atomic E-state index is 0.288. The van der Waals surface area contributed by atoms with Crippen molar-refractivity contribution in [3.8, 4) is 0 Å². The number of aromatic nitrogens is 2. The lowest BCUT2D eigenvalue weighted by atomic mass is 10.1. The first-order valence-electron chi connectivity index (χ1n) is 8.58. The van der Waals surface area contributed by atoms with Crippen LogP contribution < -0.4 is 10.6 Å². The molecule has 2 rings (SSSR count). The van der Waals surface area contributed by atoms with Crippen molar-refractivity contribution in [2.75, 3.05) is 10.6 Å². The zero-order valence-electron chi connectivity index (χ0n) is 15.8. The summed E-state index contributed by atoms with van der Waals surface area (Å²) < 4.78 is 5.19. The molecule has 7 heteroatoms. The van der Waals surface area contributed by atoms with Crippen LogP contribution >= 0.6 is 0 Å². The number of benzene rings is 1. The first-order chi connectivity index (χ1) is 12.1. The molecule has 0 spiro atoms. The molecule has 3 N–H and O–H groups in total. The van der Waals surface area contributed by atoms with Crippen molar-refractivity contribution in [2.24, 2.45) is 5.92 Å². The lowest BCUT2D eigenvalue weighted by molar-refractivity contribution is 0.0635. The van der Waals surface area contributed by atoms with Crippen molar-refractivity contribution in [1.29, 1.82) is 0 Å². The highest BCUT2D eigenvalue weighted by molar-refractivity contribution is 6.03. The number of amides is 2. The smallest absolute Gasteiger partial charge is 0.412 e. The summed E-state index contributed by atoms with van der Waals surface area (Å²) in [7, 11) is 0. The number of hydrogen-bond donors (Lipinski definition) is 3. The third kappa shape index (κ3) is 6.23. The molecule has 0 bridgehead atoms. The Labute approximate surface area is 153 Å². The topological polar surface area (TPSA) is 96.1 Å². The van der Waals surface area contributed by atoms with Gasteiger partial charge in [0.05, 0.1) is 0 Å². The quantitative estimate of drug-likeness (QED) is 0.746. The summed E-state index contributed by atoms with van der Waals surface area (Å²) in [6.45, 7) is 9.60. The van der Waals surface area contributed by atoms with E-state index in [-0.39, 0.29) is 5.91 Å². The highest BCUT2D eigenvalue weighted by Crippen LogP contribution is 2.16. The van der Waals surface area contributed by atoms with Gasteiger partial charge in [0, 0.05) is 17.1 Å². The molecular formula is C19H26N4O3. The van der Waals surface area contributed by atoms with Crippen LogP contribution in [-0.2, 0) is 11.2 Å². The molecule has 0 aliphatic rings. The number of anilines is 2. The van der Waals surface area contributed by atoms with Gasteiger partial charge in [0.1, 0.15) is 5.60 Å². The van der Waals surface area contributed by atoms with Crippen LogP contribution in [0.4, 0.5) is 16.2 Å². The van der Waals surface area contributed by atoms with E-state index in [1.807, 2.05) is 0 Å². The first kappa shape index (κ1) is 19.5. The Morgan fingerprint density at radius 3 is 2.23 bits per heavy atom. The van der Waals surface area contributed by atoms with Gasteiger partial charge in [0.2, 0.25) is 0 Å². The minimum Gasteiger partial charge on any atom is -0.444 e. The number of carbonyl (C=O) groups excluding carboxylic acids is 2. The molecule has 2 aromatic rings. The van der Waals surface area contributed by atoms with Crippen LogP contribution in [0.3, 0.4) is 0 Å². The molecule has 26 heavy (non-hydrogen) atoms. The second-order valence-electron chi connectivity index (χ2n) is 7.53. The molecule has 0 fully saturated rings. The van der Waals surface area contributed by atoms with Gasteiger partial charge in [0.25, 0.3) is 5.91 Å². The zero-order chi connectivity index (χ0) is 19.3. The molecule has 0 unspecified atom stereocenters. The summed E-state index contributed by atoms with van der Waals surface area (Å²) in [5, 5.41) is 12.3. The van der Waals surface area contributed by atoms with Gasteiger partial charge in [0.15, 0.2) is 5.69 Å². The van der Waals surface area contributed by atoms with Gasteiger partial charge in [-0.3, -0.25) is 15.2 Å². The number of hydrogen-bond acceptors (Lipinski definition) is 4. The van der Waals surface area contributed by atoms with E-state index in [0.717, 1.165) is 12.1 Å². The second-order valence-corrected chi connectivity index (χ2v) is 7.53. The number of nitrogens with zero attached hydrogens (tertiary/aromatic N) is 1. The maximum atomic E-state index is 12.2. The fourth-order valence-electron chi connectivity index (χ4n) is 2.28. The van der Waals surface area contributed by atoms with Crippen molar-refractivity contribution < 1.29 is 14.3 Å². The predicted molar refractivity (Wildman–Crippen MR) is 101 cm³/mol. The van der Waals surface area contributed by atoms with Crippen LogP contribution in [-0.4, -0.2) is 27.8 Å². The Hall–Kier alpha value is -2.83. The molecule has 0 atom stereocenters. The van der Waals surface area contributed by atoms with Crippen LogP contribution in [0.5, 0.6) is 0 Å². The van der Waals surface area contributed by atoms with Crippen LogP contribution in [0.2, 0.25) is 0 Å². The Morgan fingerprint density at radius 2 is 1.69 bits per heavy atom. The predicted octanol–water partition coefficient (Wildman–Crippen LogP) is 4.21. The monoisotopic (exact) mass is 358 g/mol. The first-order valence-corrected chi connectivity index (χ1v) is 8.58. The molecule has 140 valence electrons. The van der Waals surface area contributed by atoms with Gasteiger partial charge in [-0.1, -0.05) is 13.8 Å². The van der Waals surface area contributed by atoms with Gasteiger partial charge >= 0.3 is 6.09 Å². The van der Waals surface area contributed by atoms with Crippen molar-refractivity contribution in [1.82, 2.24) is 10.2 Å². The van der Waals surface area contributed by atoms with E-state index in [9.17, 15) is 9.59 Å². The highest BCUT2D eigenvalue weighted by atomic mass is 16.6. The second kappa shape index (κ2) is 8.03. The summed E-state index contributed by atoms with van der Waals surface area (Å²) in [5.74, 6) is 0.195. The molecule has 1 aromatic carbocycles. The fourth-order valence-corrected chi connectivity index (χ4v) is 2.28. The van der Waals surface area contributed by atoms with E-state index >= 15 is 0 Å². The summed E-state index contributed by atoms with van der Waals surface area (Å²) in [6.07, 6.45) is 0.314. The third-order valence-electron chi connectivity index (χ3n) is 3.28. The molecule has 0 saturated carbocycles. The normalized spacial score (nSPS) is 11.3. The lowest BCUT2D eigenvalue weighted by Crippen LogP contribution is -2.27. The lowest BCUT2D eigenvalue weighted by Gasteiger charge is -2.19. The Morgan fingerprint density at radius 1 is 1.12 bits per heavy atom. The molecule has 0 aliphatic heterocycles. The van der Waals surface area contributed by atoms with Gasteiger partial charge in [-0.2, -0.15) is 5.10 Å². The van der Waals surface area contributed by atoms with Crippen molar-refractivity contribution >= 4 is 23.4 Å². The zero-order valence-corrected chi connectivity index (χ0v) is 15.8. The van der Waals surface area contributed by atoms with Gasteiger partial charge in [-0.15, -0.1) is 0 Å². The molecule has 0 saturated heterocycles. The Kier molecular flexibility index (Phi) is 6.02. The van der Waals surface area contributed by atoms with Crippen molar-refractivity contribution in [2.45, 2.75) is 46.6 Å². The number of ether oxygens (including phenoxy) is 1. The summed E-state index contributed by atoms with van der Waals surface area (Å²) >= 11 is 0. The van der Waals surface area contributed by atoms with Crippen LogP contribution in [0, 0.1) is 5.92 Å². The molecule has 7 nitrogen and oxygen atoms in total. The number of aromatic amines is 1. The van der Waals surface area contributed by atoms with E-state index in [0.29, 0.717) is 23.0 Å². The van der Waals surface area contributed by atoms with E-state index in [2.05, 4.69) is 34.7 Å². The van der Waals surface area contributed by atoms with E-state index < -0.39 is 11.7 Å². The molecule has 1 aromatic heterocycles. The molecular weight excluding hydrogens is 332 g/mol. The average molecular weight is 358 g/mol. The fraction of sp³-hybridized carbons (Fsp3) is 0.421. The molecule has 0 radical (unpaired) electrons. The number of rotatable bonds is 5. The third-order valence-corrected chi connectivity index (χ3v) is 3.28. The maximum Gasteiger partial charge on any atom is 0.412 e. The SMILES string of the molecule is CC(C)Cc1cc(C(=O)Nc2ccc(NC(=O)OC(C)(C)C)cc2)n[nH]1. The largest absolute Gasteiger partial charge is 0.444 e. The highest BCUT2D eigenvalue weighted by Gasteiger charge is 2.16. The summed E-state index contributed by atoms with van der Waals surface area (Å²) in [5.41, 5.74) is 1.91. The van der Waals surface area contributed by atoms with Crippen LogP contribution in [0.15, 0.2) is 30.3 Å². The van der Waals surface area contributed by atoms with Gasteiger partial charge in [-0.25, -0.2) is 4.79 Å². The van der Waals surface area contributed by atoms with E-state index in [1.54, 1.807) is 51.1 Å². The van der Waals surface area contributed by atoms with Crippen LogP contribution in [0.25, 0.3) is 0 Å². The van der Waals surface area contributed by atoms with Gasteiger partial charge in [-0.05, 0) is 63.4 Å². The van der Waals surface area contributed by atoms with Gasteiger partial charge < -0.3 is 10.1 Å². The van der Waals surface area contributed by atoms with Crippen LogP contribution in [0.1, 0.15) is 50.8 Å². The molecule has 2 amide bonds. The summed E-state index contributed by atoms with van der Waals surface area (Å²) in [4.78, 5) is 24.0. The van der Waals surface area contributed by atoms with E-state index in [4.69, 9.17) is 4.74 Å². The molecule has 0 aliphatic carbocycles. The maximum absolute atomic E-state index is 12.2. The van der Waals surface area contributed by atoms with Crippen molar-refractivity contribution in [3.63, 3.8) is 0 Å².